The summed E-state index contributed by atoms with van der Waals surface area (Å²) in [6.45, 7) is 3.71. The standard InChI is InChI=1S/C14H12ClN3O3S/c1-8-6-16-14(20)18-13(8)22-7-12(19)17-10-5-9(15)3-4-11(10)21-2/h3-6H,1,7H2,2H3,(H,17,19). The van der Waals surface area contributed by atoms with Crippen LogP contribution in [-0.4, -0.2) is 36.1 Å². The van der Waals surface area contributed by atoms with Crippen molar-refractivity contribution in [3.05, 3.63) is 35.4 Å². The number of thioether (sulfide) groups is 1. The van der Waals surface area contributed by atoms with Crippen molar-refractivity contribution >= 4 is 52.2 Å². The molecule has 2 rings (SSSR count). The molecule has 0 saturated heterocycles. The van der Waals surface area contributed by atoms with E-state index in [1.165, 1.54) is 13.3 Å². The molecule has 1 aromatic rings. The molecular formula is C14H12ClN3O3S. The van der Waals surface area contributed by atoms with Crippen LogP contribution in [0, 0.1) is 0 Å². The van der Waals surface area contributed by atoms with Crippen molar-refractivity contribution in [2.24, 2.45) is 9.98 Å². The zero-order valence-electron chi connectivity index (χ0n) is 11.6. The number of nitrogens with one attached hydrogen (secondary N) is 1. The Kier molecular flexibility index (Phi) is 5.35. The third-order valence-electron chi connectivity index (χ3n) is 2.58. The lowest BCUT2D eigenvalue weighted by Crippen LogP contribution is -2.17. The van der Waals surface area contributed by atoms with Crippen molar-refractivity contribution in [3.8, 4) is 5.75 Å². The van der Waals surface area contributed by atoms with E-state index in [1.807, 2.05) is 0 Å². The van der Waals surface area contributed by atoms with Gasteiger partial charge in [0.2, 0.25) is 5.91 Å². The molecule has 0 unspecified atom stereocenters. The molecular weight excluding hydrogens is 326 g/mol. The Morgan fingerprint density at radius 2 is 2.27 bits per heavy atom. The van der Waals surface area contributed by atoms with Crippen molar-refractivity contribution in [1.82, 2.24) is 0 Å². The molecule has 8 heteroatoms. The van der Waals surface area contributed by atoms with Crippen molar-refractivity contribution in [3.63, 3.8) is 0 Å². The maximum atomic E-state index is 12.0. The molecule has 0 aromatic heterocycles. The van der Waals surface area contributed by atoms with E-state index >= 15 is 0 Å². The lowest BCUT2D eigenvalue weighted by Gasteiger charge is -2.11. The molecule has 114 valence electrons. The zero-order chi connectivity index (χ0) is 16.1. The third kappa shape index (κ3) is 4.19. The van der Waals surface area contributed by atoms with Crippen LogP contribution < -0.4 is 10.1 Å². The van der Waals surface area contributed by atoms with Gasteiger partial charge in [0.25, 0.3) is 0 Å². The highest BCUT2D eigenvalue weighted by Crippen LogP contribution is 2.28. The number of hydrogen-bond acceptors (Lipinski definition) is 4. The lowest BCUT2D eigenvalue weighted by molar-refractivity contribution is -0.113. The molecule has 0 spiro atoms. The van der Waals surface area contributed by atoms with Crippen LogP contribution in [-0.2, 0) is 4.79 Å². The number of methoxy groups -OCH3 is 1. The summed E-state index contributed by atoms with van der Waals surface area (Å²) < 4.78 is 5.15. The van der Waals surface area contributed by atoms with Gasteiger partial charge in [-0.05, 0) is 18.2 Å². The number of ether oxygens (including phenoxy) is 1. The monoisotopic (exact) mass is 337 g/mol. The molecule has 1 aliphatic heterocycles. The maximum Gasteiger partial charge on any atom is 0.368 e. The van der Waals surface area contributed by atoms with Gasteiger partial charge >= 0.3 is 6.03 Å². The first-order chi connectivity index (χ1) is 10.5. The summed E-state index contributed by atoms with van der Waals surface area (Å²) in [5, 5.41) is 3.56. The average molecular weight is 338 g/mol. The average Bonchev–Trinajstić information content (AvgIpc) is 2.48. The zero-order valence-corrected chi connectivity index (χ0v) is 13.2. The third-order valence-corrected chi connectivity index (χ3v) is 3.85. The van der Waals surface area contributed by atoms with Gasteiger partial charge in [0.1, 0.15) is 10.8 Å². The van der Waals surface area contributed by atoms with Crippen LogP contribution in [0.5, 0.6) is 5.75 Å². The maximum absolute atomic E-state index is 12.0. The molecule has 0 fully saturated rings. The van der Waals surface area contributed by atoms with Crippen molar-refractivity contribution in [1.29, 1.82) is 0 Å². The molecule has 1 aromatic carbocycles. The fourth-order valence-corrected chi connectivity index (χ4v) is 2.49. The SMILES string of the molecule is C=C1C=NC(=O)N=C1SCC(=O)Nc1cc(Cl)ccc1OC. The van der Waals surface area contributed by atoms with Gasteiger partial charge in [0, 0.05) is 16.8 Å². The Morgan fingerprint density at radius 3 is 3.00 bits per heavy atom. The van der Waals surface area contributed by atoms with Gasteiger partial charge in [0.15, 0.2) is 0 Å². The van der Waals surface area contributed by atoms with Crippen LogP contribution in [0.25, 0.3) is 0 Å². The highest BCUT2D eigenvalue weighted by molar-refractivity contribution is 8.15. The van der Waals surface area contributed by atoms with Gasteiger partial charge in [0.05, 0.1) is 18.6 Å². The minimum absolute atomic E-state index is 0.0641. The minimum Gasteiger partial charge on any atom is -0.495 e. The van der Waals surface area contributed by atoms with Gasteiger partial charge < -0.3 is 10.1 Å². The van der Waals surface area contributed by atoms with Gasteiger partial charge in [-0.25, -0.2) is 4.79 Å². The molecule has 0 radical (unpaired) electrons. The molecule has 1 heterocycles. The highest BCUT2D eigenvalue weighted by Gasteiger charge is 2.15. The fraction of sp³-hybridized carbons (Fsp3) is 0.143. The van der Waals surface area contributed by atoms with Crippen LogP contribution in [0.2, 0.25) is 5.02 Å². The summed E-state index contributed by atoms with van der Waals surface area (Å²) in [6, 6.07) is 4.31. The van der Waals surface area contributed by atoms with E-state index in [9.17, 15) is 9.59 Å². The largest absolute Gasteiger partial charge is 0.495 e. The highest BCUT2D eigenvalue weighted by atomic mass is 35.5. The molecule has 0 aliphatic carbocycles. The van der Waals surface area contributed by atoms with Crippen molar-refractivity contribution in [2.75, 3.05) is 18.2 Å². The number of halogens is 1. The lowest BCUT2D eigenvalue weighted by atomic mass is 10.3. The molecule has 0 bridgehead atoms. The smallest absolute Gasteiger partial charge is 0.368 e. The number of hydrogen-bond donors (Lipinski definition) is 1. The fourth-order valence-electron chi connectivity index (χ4n) is 1.60. The van der Waals surface area contributed by atoms with Gasteiger partial charge in [-0.1, -0.05) is 29.9 Å². The Hall–Kier alpha value is -2.12. The second-order valence-corrected chi connectivity index (χ2v) is 5.56. The second kappa shape index (κ2) is 7.24. The van der Waals surface area contributed by atoms with E-state index in [0.717, 1.165) is 11.8 Å². The summed E-state index contributed by atoms with van der Waals surface area (Å²) in [5.74, 6) is 0.287. The molecule has 3 amide bonds. The number of urea groups is 1. The summed E-state index contributed by atoms with van der Waals surface area (Å²) in [6.07, 6.45) is 1.33. The Morgan fingerprint density at radius 1 is 1.50 bits per heavy atom. The van der Waals surface area contributed by atoms with Gasteiger partial charge in [-0.15, -0.1) is 0 Å². The molecule has 0 saturated carbocycles. The van der Waals surface area contributed by atoms with E-state index in [4.69, 9.17) is 16.3 Å². The number of carbonyl (C=O) groups is 2. The first-order valence-corrected chi connectivity index (χ1v) is 7.48. The summed E-state index contributed by atoms with van der Waals surface area (Å²) >= 11 is 7.00. The summed E-state index contributed by atoms with van der Waals surface area (Å²) in [4.78, 5) is 30.3. The normalized spacial score (nSPS) is 13.8. The number of amides is 3. The van der Waals surface area contributed by atoms with Gasteiger partial charge in [-0.2, -0.15) is 9.98 Å². The Bertz CT molecular complexity index is 701. The van der Waals surface area contributed by atoms with E-state index in [0.29, 0.717) is 27.1 Å². The molecule has 6 nitrogen and oxygen atoms in total. The van der Waals surface area contributed by atoms with Crippen LogP contribution in [0.1, 0.15) is 0 Å². The predicted molar refractivity (Wildman–Crippen MR) is 89.6 cm³/mol. The number of benzene rings is 1. The Balaban J connectivity index is 1.98. The van der Waals surface area contributed by atoms with E-state index in [-0.39, 0.29) is 11.7 Å². The Labute approximate surface area is 136 Å². The predicted octanol–water partition coefficient (Wildman–Crippen LogP) is 3.18. The number of anilines is 1. The molecule has 22 heavy (non-hydrogen) atoms. The van der Waals surface area contributed by atoms with Crippen LogP contribution in [0.4, 0.5) is 10.5 Å². The van der Waals surface area contributed by atoms with Crippen molar-refractivity contribution in [2.45, 2.75) is 0 Å². The number of nitrogens with zero attached hydrogens (tertiary/aromatic N) is 2. The number of rotatable bonds is 4. The van der Waals surface area contributed by atoms with Gasteiger partial charge in [-0.3, -0.25) is 4.79 Å². The summed E-state index contributed by atoms with van der Waals surface area (Å²) in [7, 11) is 1.50. The van der Waals surface area contributed by atoms with E-state index in [1.54, 1.807) is 18.2 Å². The second-order valence-electron chi connectivity index (χ2n) is 4.16. The first-order valence-electron chi connectivity index (χ1n) is 6.12. The van der Waals surface area contributed by atoms with Crippen LogP contribution in [0.15, 0.2) is 40.3 Å². The van der Waals surface area contributed by atoms with Crippen LogP contribution in [0.3, 0.4) is 0 Å². The minimum atomic E-state index is -0.605. The quantitative estimate of drug-likeness (QED) is 0.915. The topological polar surface area (TPSA) is 80.1 Å². The molecule has 0 atom stereocenters. The van der Waals surface area contributed by atoms with E-state index in [2.05, 4.69) is 21.9 Å². The van der Waals surface area contributed by atoms with Crippen molar-refractivity contribution < 1.29 is 14.3 Å². The molecule has 1 aliphatic rings. The summed E-state index contributed by atoms with van der Waals surface area (Å²) in [5.41, 5.74) is 0.973. The number of aliphatic imine (C=N–C) groups is 2. The van der Waals surface area contributed by atoms with Crippen LogP contribution >= 0.6 is 23.4 Å². The number of carbonyl (C=O) groups excluding carboxylic acids is 2. The molecule has 1 N–H and O–H groups in total. The first kappa shape index (κ1) is 16.3. The van der Waals surface area contributed by atoms with E-state index < -0.39 is 6.03 Å².